The van der Waals surface area contributed by atoms with E-state index in [-0.39, 0.29) is 5.75 Å². The zero-order valence-corrected chi connectivity index (χ0v) is 17.5. The molecular weight excluding hydrogens is 410 g/mol. The number of carbonyl (C=O) groups is 3. The first-order valence-corrected chi connectivity index (χ1v) is 9.89. The number of aryl methyl sites for hydroxylation is 1. The van der Waals surface area contributed by atoms with Crippen LogP contribution in [0.15, 0.2) is 60.9 Å². The SMILES string of the molecule is Cc1ccc(C2(C)NC(=O)N(CC(=O)Nc3cnc(-c4cccc(O)c4)nc3)C2=O)cc1. The third-order valence-corrected chi connectivity index (χ3v) is 5.25. The van der Waals surface area contributed by atoms with Crippen LogP contribution in [-0.2, 0) is 15.1 Å². The number of phenolic OH excluding ortho intramolecular Hbond substituents is 1. The third-order valence-electron chi connectivity index (χ3n) is 5.25. The van der Waals surface area contributed by atoms with Crippen molar-refractivity contribution in [3.63, 3.8) is 0 Å². The molecule has 1 aliphatic rings. The molecule has 2 aromatic carbocycles. The van der Waals surface area contributed by atoms with E-state index in [4.69, 9.17) is 0 Å². The summed E-state index contributed by atoms with van der Waals surface area (Å²) >= 11 is 0. The lowest BCUT2D eigenvalue weighted by Gasteiger charge is -2.22. The minimum atomic E-state index is -1.24. The molecule has 9 heteroatoms. The van der Waals surface area contributed by atoms with E-state index in [0.29, 0.717) is 22.6 Å². The summed E-state index contributed by atoms with van der Waals surface area (Å²) in [5, 5.41) is 14.8. The van der Waals surface area contributed by atoms with Crippen molar-refractivity contribution in [2.24, 2.45) is 0 Å². The molecule has 9 nitrogen and oxygen atoms in total. The molecule has 1 aliphatic heterocycles. The van der Waals surface area contributed by atoms with E-state index in [1.165, 1.54) is 24.5 Å². The zero-order valence-electron chi connectivity index (χ0n) is 17.5. The van der Waals surface area contributed by atoms with Gasteiger partial charge in [-0.25, -0.2) is 14.8 Å². The van der Waals surface area contributed by atoms with Crippen molar-refractivity contribution in [1.82, 2.24) is 20.2 Å². The first-order chi connectivity index (χ1) is 15.3. The summed E-state index contributed by atoms with van der Waals surface area (Å²) in [5.41, 5.74) is 1.37. The molecule has 4 amide bonds. The van der Waals surface area contributed by atoms with Gasteiger partial charge in [-0.15, -0.1) is 0 Å². The number of hydrogen-bond acceptors (Lipinski definition) is 6. The molecule has 3 aromatic rings. The number of aromatic nitrogens is 2. The van der Waals surface area contributed by atoms with E-state index in [2.05, 4.69) is 20.6 Å². The van der Waals surface area contributed by atoms with Gasteiger partial charge in [0.1, 0.15) is 17.8 Å². The van der Waals surface area contributed by atoms with E-state index < -0.39 is 29.9 Å². The first kappa shape index (κ1) is 21.0. The molecule has 1 fully saturated rings. The molecular formula is C23H21N5O4. The molecule has 4 rings (SSSR count). The molecule has 1 atom stereocenters. The third kappa shape index (κ3) is 4.00. The topological polar surface area (TPSA) is 125 Å². The lowest BCUT2D eigenvalue weighted by molar-refractivity contribution is -0.133. The highest BCUT2D eigenvalue weighted by Gasteiger charge is 2.49. The average molecular weight is 431 g/mol. The maximum absolute atomic E-state index is 13.0. The van der Waals surface area contributed by atoms with E-state index in [0.717, 1.165) is 10.5 Å². The fraction of sp³-hybridized carbons (Fsp3) is 0.174. The maximum atomic E-state index is 13.0. The number of urea groups is 1. The van der Waals surface area contributed by atoms with Crippen LogP contribution in [0.1, 0.15) is 18.1 Å². The first-order valence-electron chi connectivity index (χ1n) is 9.89. The van der Waals surface area contributed by atoms with Crippen molar-refractivity contribution in [1.29, 1.82) is 0 Å². The van der Waals surface area contributed by atoms with Gasteiger partial charge in [0.15, 0.2) is 5.82 Å². The summed E-state index contributed by atoms with van der Waals surface area (Å²) in [6.45, 7) is 3.10. The number of imide groups is 1. The van der Waals surface area contributed by atoms with Crippen LogP contribution >= 0.6 is 0 Å². The summed E-state index contributed by atoms with van der Waals surface area (Å²) in [4.78, 5) is 47.1. The fourth-order valence-corrected chi connectivity index (χ4v) is 3.45. The Labute approximate surface area is 184 Å². The van der Waals surface area contributed by atoms with Gasteiger partial charge in [0, 0.05) is 5.56 Å². The largest absolute Gasteiger partial charge is 0.508 e. The van der Waals surface area contributed by atoms with Crippen LogP contribution in [0.25, 0.3) is 11.4 Å². The number of hydrogen-bond donors (Lipinski definition) is 3. The van der Waals surface area contributed by atoms with Crippen LogP contribution in [-0.4, -0.2) is 44.4 Å². The maximum Gasteiger partial charge on any atom is 0.325 e. The lowest BCUT2D eigenvalue weighted by Crippen LogP contribution is -2.42. The molecule has 1 saturated heterocycles. The van der Waals surface area contributed by atoms with E-state index in [1.807, 2.05) is 19.1 Å². The molecule has 0 saturated carbocycles. The predicted molar refractivity (Wildman–Crippen MR) is 117 cm³/mol. The molecule has 1 unspecified atom stereocenters. The highest BCUT2D eigenvalue weighted by Crippen LogP contribution is 2.29. The summed E-state index contributed by atoms with van der Waals surface area (Å²) in [7, 11) is 0. The number of amides is 4. The number of aromatic hydroxyl groups is 1. The quantitative estimate of drug-likeness (QED) is 0.534. The number of carbonyl (C=O) groups excluding carboxylic acids is 3. The van der Waals surface area contributed by atoms with Crippen molar-refractivity contribution < 1.29 is 19.5 Å². The van der Waals surface area contributed by atoms with Gasteiger partial charge in [-0.05, 0) is 31.5 Å². The number of rotatable bonds is 5. The Morgan fingerprint density at radius 1 is 1.12 bits per heavy atom. The van der Waals surface area contributed by atoms with Crippen LogP contribution < -0.4 is 10.6 Å². The summed E-state index contributed by atoms with van der Waals surface area (Å²) in [6.07, 6.45) is 2.82. The molecule has 0 spiro atoms. The summed E-state index contributed by atoms with van der Waals surface area (Å²) in [6, 6.07) is 13.1. The number of nitrogens with zero attached hydrogens (tertiary/aromatic N) is 3. The second-order valence-corrected chi connectivity index (χ2v) is 7.71. The molecule has 0 bridgehead atoms. The van der Waals surface area contributed by atoms with Crippen molar-refractivity contribution in [3.05, 3.63) is 72.1 Å². The van der Waals surface area contributed by atoms with Crippen molar-refractivity contribution in [2.45, 2.75) is 19.4 Å². The van der Waals surface area contributed by atoms with E-state index in [1.54, 1.807) is 31.2 Å². The standard InChI is InChI=1S/C23H21N5O4/c1-14-6-8-16(9-7-14)23(2)21(31)28(22(32)27-23)13-19(30)26-17-11-24-20(25-12-17)15-4-3-5-18(29)10-15/h3-12,29H,13H2,1-2H3,(H,26,30)(H,27,32). The molecule has 0 aliphatic carbocycles. The molecule has 32 heavy (non-hydrogen) atoms. The summed E-state index contributed by atoms with van der Waals surface area (Å²) in [5.74, 6) is -0.594. The Balaban J connectivity index is 1.43. The molecule has 162 valence electrons. The number of anilines is 1. The van der Waals surface area contributed by atoms with E-state index in [9.17, 15) is 19.5 Å². The molecule has 0 radical (unpaired) electrons. The Hall–Kier alpha value is -4.27. The number of benzene rings is 2. The zero-order chi connectivity index (χ0) is 22.9. The lowest BCUT2D eigenvalue weighted by atomic mass is 9.91. The molecule has 1 aromatic heterocycles. The molecule has 2 heterocycles. The summed E-state index contributed by atoms with van der Waals surface area (Å²) < 4.78 is 0. The number of phenols is 1. The monoisotopic (exact) mass is 431 g/mol. The Bertz CT molecular complexity index is 1190. The van der Waals surface area contributed by atoms with Gasteiger partial charge >= 0.3 is 6.03 Å². The normalized spacial score (nSPS) is 17.9. The average Bonchev–Trinajstić information content (AvgIpc) is 2.98. The predicted octanol–water partition coefficient (Wildman–Crippen LogP) is 2.56. The van der Waals surface area contributed by atoms with Crippen LogP contribution in [0.2, 0.25) is 0 Å². The van der Waals surface area contributed by atoms with Gasteiger partial charge < -0.3 is 15.7 Å². The second kappa shape index (κ2) is 8.10. The van der Waals surface area contributed by atoms with Crippen molar-refractivity contribution in [3.8, 4) is 17.1 Å². The van der Waals surface area contributed by atoms with Gasteiger partial charge in [0.05, 0.1) is 18.1 Å². The Morgan fingerprint density at radius 3 is 2.47 bits per heavy atom. The van der Waals surface area contributed by atoms with Gasteiger partial charge in [-0.1, -0.05) is 42.0 Å². The minimum absolute atomic E-state index is 0.0923. The van der Waals surface area contributed by atoms with Gasteiger partial charge in [0.2, 0.25) is 5.91 Å². The number of nitrogens with one attached hydrogen (secondary N) is 2. The molecule has 3 N–H and O–H groups in total. The smallest absolute Gasteiger partial charge is 0.325 e. The van der Waals surface area contributed by atoms with Gasteiger partial charge in [-0.3, -0.25) is 14.5 Å². The van der Waals surface area contributed by atoms with Gasteiger partial charge in [-0.2, -0.15) is 0 Å². The van der Waals surface area contributed by atoms with Crippen LogP contribution in [0.3, 0.4) is 0 Å². The Kier molecular flexibility index (Phi) is 5.31. The van der Waals surface area contributed by atoms with Crippen LogP contribution in [0.5, 0.6) is 5.75 Å². The highest BCUT2D eigenvalue weighted by molar-refractivity contribution is 6.10. The Morgan fingerprint density at radius 2 is 1.81 bits per heavy atom. The van der Waals surface area contributed by atoms with E-state index >= 15 is 0 Å². The minimum Gasteiger partial charge on any atom is -0.508 e. The highest BCUT2D eigenvalue weighted by atomic mass is 16.3. The van der Waals surface area contributed by atoms with Crippen molar-refractivity contribution in [2.75, 3.05) is 11.9 Å². The van der Waals surface area contributed by atoms with Crippen molar-refractivity contribution >= 4 is 23.5 Å². The van der Waals surface area contributed by atoms with Crippen LogP contribution in [0, 0.1) is 6.92 Å². The second-order valence-electron chi connectivity index (χ2n) is 7.71. The fourth-order valence-electron chi connectivity index (χ4n) is 3.45. The van der Waals surface area contributed by atoms with Crippen LogP contribution in [0.4, 0.5) is 10.5 Å². The van der Waals surface area contributed by atoms with Gasteiger partial charge in [0.25, 0.3) is 5.91 Å².